The van der Waals surface area contributed by atoms with E-state index in [1.807, 2.05) is 19.2 Å². The molecule has 0 saturated carbocycles. The standard InChI is InChI=1S/C15H20N4/c1-4-13-6-5-7-17-14(13)10-19-12(3)15-11(2)16-8-9-18-15/h5-9,12,19H,4,10H2,1-3H3. The van der Waals surface area contributed by atoms with Crippen molar-refractivity contribution in [3.63, 3.8) is 0 Å². The van der Waals surface area contributed by atoms with Gasteiger partial charge < -0.3 is 5.32 Å². The Labute approximate surface area is 114 Å². The Morgan fingerprint density at radius 2 is 1.95 bits per heavy atom. The highest BCUT2D eigenvalue weighted by atomic mass is 15.0. The average Bonchev–Trinajstić information content (AvgIpc) is 2.45. The predicted molar refractivity (Wildman–Crippen MR) is 75.6 cm³/mol. The van der Waals surface area contributed by atoms with E-state index in [2.05, 4.69) is 40.2 Å². The molecule has 4 heteroatoms. The van der Waals surface area contributed by atoms with Crippen molar-refractivity contribution in [3.05, 3.63) is 53.4 Å². The second kappa shape index (κ2) is 6.38. The van der Waals surface area contributed by atoms with Gasteiger partial charge in [-0.1, -0.05) is 13.0 Å². The molecule has 0 aliphatic rings. The van der Waals surface area contributed by atoms with E-state index >= 15 is 0 Å². The third-order valence-electron chi connectivity index (χ3n) is 3.27. The summed E-state index contributed by atoms with van der Waals surface area (Å²) < 4.78 is 0. The minimum Gasteiger partial charge on any atom is -0.303 e. The van der Waals surface area contributed by atoms with Crippen molar-refractivity contribution in [2.75, 3.05) is 0 Å². The maximum absolute atomic E-state index is 4.44. The molecule has 0 bridgehead atoms. The number of nitrogens with one attached hydrogen (secondary N) is 1. The van der Waals surface area contributed by atoms with Crippen LogP contribution in [0.1, 0.15) is 42.5 Å². The molecule has 0 saturated heterocycles. The second-order valence-corrected chi connectivity index (χ2v) is 4.59. The molecule has 1 N–H and O–H groups in total. The lowest BCUT2D eigenvalue weighted by Crippen LogP contribution is -2.21. The molecule has 4 nitrogen and oxygen atoms in total. The number of nitrogens with zero attached hydrogens (tertiary/aromatic N) is 3. The molecule has 1 atom stereocenters. The third kappa shape index (κ3) is 3.35. The first-order valence-electron chi connectivity index (χ1n) is 6.66. The van der Waals surface area contributed by atoms with Gasteiger partial charge in [0.15, 0.2) is 0 Å². The van der Waals surface area contributed by atoms with E-state index in [4.69, 9.17) is 0 Å². The smallest absolute Gasteiger partial charge is 0.0782 e. The molecule has 0 fully saturated rings. The number of hydrogen-bond acceptors (Lipinski definition) is 4. The maximum Gasteiger partial charge on any atom is 0.0782 e. The molecular formula is C15H20N4. The summed E-state index contributed by atoms with van der Waals surface area (Å²) in [5, 5.41) is 3.47. The first-order valence-corrected chi connectivity index (χ1v) is 6.66. The van der Waals surface area contributed by atoms with E-state index < -0.39 is 0 Å². The fourth-order valence-corrected chi connectivity index (χ4v) is 2.14. The van der Waals surface area contributed by atoms with Crippen molar-refractivity contribution in [2.45, 2.75) is 39.8 Å². The molecule has 2 heterocycles. The van der Waals surface area contributed by atoms with Gasteiger partial charge in [0.05, 0.1) is 17.1 Å². The molecule has 100 valence electrons. The molecule has 19 heavy (non-hydrogen) atoms. The van der Waals surface area contributed by atoms with Gasteiger partial charge in [-0.05, 0) is 31.9 Å². The van der Waals surface area contributed by atoms with Gasteiger partial charge in [0.25, 0.3) is 0 Å². The molecule has 0 amide bonds. The van der Waals surface area contributed by atoms with Crippen LogP contribution in [0.4, 0.5) is 0 Å². The monoisotopic (exact) mass is 256 g/mol. The summed E-state index contributed by atoms with van der Waals surface area (Å²) in [7, 11) is 0. The first-order chi connectivity index (χ1) is 9.22. The van der Waals surface area contributed by atoms with Crippen LogP contribution in [0.15, 0.2) is 30.7 Å². The van der Waals surface area contributed by atoms with E-state index in [9.17, 15) is 0 Å². The molecule has 0 aromatic carbocycles. The normalized spacial score (nSPS) is 12.4. The van der Waals surface area contributed by atoms with Crippen LogP contribution in [0.5, 0.6) is 0 Å². The van der Waals surface area contributed by atoms with Crippen LogP contribution < -0.4 is 5.32 Å². The summed E-state index contributed by atoms with van der Waals surface area (Å²) >= 11 is 0. The summed E-state index contributed by atoms with van der Waals surface area (Å²) in [6.07, 6.45) is 6.30. The second-order valence-electron chi connectivity index (χ2n) is 4.59. The molecule has 2 aromatic heterocycles. The molecule has 0 radical (unpaired) electrons. The topological polar surface area (TPSA) is 50.7 Å². The van der Waals surface area contributed by atoms with Crippen LogP contribution in [0.25, 0.3) is 0 Å². The Morgan fingerprint density at radius 3 is 2.68 bits per heavy atom. The van der Waals surface area contributed by atoms with Gasteiger partial charge in [-0.15, -0.1) is 0 Å². The Morgan fingerprint density at radius 1 is 1.16 bits per heavy atom. The summed E-state index contributed by atoms with van der Waals surface area (Å²) in [6.45, 7) is 6.99. The number of pyridine rings is 1. The van der Waals surface area contributed by atoms with E-state index in [1.165, 1.54) is 5.56 Å². The minimum atomic E-state index is 0.167. The predicted octanol–water partition coefficient (Wildman–Crippen LogP) is 2.59. The van der Waals surface area contributed by atoms with Crippen LogP contribution >= 0.6 is 0 Å². The molecule has 0 aliphatic heterocycles. The zero-order valence-corrected chi connectivity index (χ0v) is 11.7. The van der Waals surface area contributed by atoms with Crippen molar-refractivity contribution in [1.29, 1.82) is 0 Å². The van der Waals surface area contributed by atoms with Crippen molar-refractivity contribution >= 4 is 0 Å². The first kappa shape index (κ1) is 13.6. The molecular weight excluding hydrogens is 236 g/mol. The van der Waals surface area contributed by atoms with Gasteiger partial charge in [-0.3, -0.25) is 15.0 Å². The van der Waals surface area contributed by atoms with Gasteiger partial charge in [0.2, 0.25) is 0 Å². The van der Waals surface area contributed by atoms with Crippen LogP contribution in [0.3, 0.4) is 0 Å². The Balaban J connectivity index is 2.04. The van der Waals surface area contributed by atoms with Crippen molar-refractivity contribution in [2.24, 2.45) is 0 Å². The Bertz CT molecular complexity index is 539. The van der Waals surface area contributed by atoms with Crippen molar-refractivity contribution in [3.8, 4) is 0 Å². The number of aryl methyl sites for hydroxylation is 2. The van der Waals surface area contributed by atoms with Crippen LogP contribution in [0.2, 0.25) is 0 Å². The zero-order valence-electron chi connectivity index (χ0n) is 11.7. The fourth-order valence-electron chi connectivity index (χ4n) is 2.14. The fraction of sp³-hybridized carbons (Fsp3) is 0.400. The number of aromatic nitrogens is 3. The highest BCUT2D eigenvalue weighted by Crippen LogP contribution is 2.13. The van der Waals surface area contributed by atoms with E-state index in [0.717, 1.165) is 30.0 Å². The minimum absolute atomic E-state index is 0.167. The molecule has 2 aromatic rings. The van der Waals surface area contributed by atoms with Gasteiger partial charge in [-0.2, -0.15) is 0 Å². The summed E-state index contributed by atoms with van der Waals surface area (Å²) in [6, 6.07) is 4.28. The molecule has 0 spiro atoms. The quantitative estimate of drug-likeness (QED) is 0.893. The molecule has 1 unspecified atom stereocenters. The average molecular weight is 256 g/mol. The largest absolute Gasteiger partial charge is 0.303 e. The van der Waals surface area contributed by atoms with Crippen LogP contribution in [0, 0.1) is 6.92 Å². The SMILES string of the molecule is CCc1cccnc1CNC(C)c1nccnc1C. The van der Waals surface area contributed by atoms with Gasteiger partial charge in [0.1, 0.15) is 0 Å². The van der Waals surface area contributed by atoms with Gasteiger partial charge in [-0.25, -0.2) is 0 Å². The highest BCUT2D eigenvalue weighted by Gasteiger charge is 2.11. The highest BCUT2D eigenvalue weighted by molar-refractivity contribution is 5.20. The number of hydrogen-bond donors (Lipinski definition) is 1. The van der Waals surface area contributed by atoms with Gasteiger partial charge >= 0.3 is 0 Å². The summed E-state index contributed by atoms with van der Waals surface area (Å²) in [5.74, 6) is 0. The molecule has 2 rings (SSSR count). The Kier molecular flexibility index (Phi) is 4.58. The summed E-state index contributed by atoms with van der Waals surface area (Å²) in [5.41, 5.74) is 4.37. The summed E-state index contributed by atoms with van der Waals surface area (Å²) in [4.78, 5) is 13.1. The van der Waals surface area contributed by atoms with Crippen molar-refractivity contribution < 1.29 is 0 Å². The van der Waals surface area contributed by atoms with E-state index in [-0.39, 0.29) is 6.04 Å². The van der Waals surface area contributed by atoms with E-state index in [0.29, 0.717) is 0 Å². The van der Waals surface area contributed by atoms with E-state index in [1.54, 1.807) is 12.4 Å². The number of rotatable bonds is 5. The van der Waals surface area contributed by atoms with Crippen LogP contribution in [-0.2, 0) is 13.0 Å². The molecule has 0 aliphatic carbocycles. The van der Waals surface area contributed by atoms with Crippen molar-refractivity contribution in [1.82, 2.24) is 20.3 Å². The maximum atomic E-state index is 4.44. The lowest BCUT2D eigenvalue weighted by molar-refractivity contribution is 0.547. The zero-order chi connectivity index (χ0) is 13.7. The third-order valence-corrected chi connectivity index (χ3v) is 3.27. The lowest BCUT2D eigenvalue weighted by atomic mass is 10.1. The van der Waals surface area contributed by atoms with Crippen LogP contribution in [-0.4, -0.2) is 15.0 Å². The lowest BCUT2D eigenvalue weighted by Gasteiger charge is -2.15. The Hall–Kier alpha value is -1.81. The van der Waals surface area contributed by atoms with Gasteiger partial charge in [0, 0.05) is 31.2 Å².